The van der Waals surface area contributed by atoms with Crippen LogP contribution in [-0.2, 0) is 4.79 Å². The first-order valence-electron chi connectivity index (χ1n) is 6.10. The maximum absolute atomic E-state index is 11.7. The van der Waals surface area contributed by atoms with E-state index in [1.165, 1.54) is 0 Å². The van der Waals surface area contributed by atoms with E-state index in [0.29, 0.717) is 6.54 Å². The maximum atomic E-state index is 11.7. The molecule has 2 unspecified atom stereocenters. The van der Waals surface area contributed by atoms with Crippen molar-refractivity contribution in [2.24, 2.45) is 11.7 Å². The zero-order chi connectivity index (χ0) is 13.1. The van der Waals surface area contributed by atoms with Crippen molar-refractivity contribution < 1.29 is 9.21 Å². The summed E-state index contributed by atoms with van der Waals surface area (Å²) in [6.07, 6.45) is 0. The van der Waals surface area contributed by atoms with Gasteiger partial charge in [0.1, 0.15) is 11.3 Å². The summed E-state index contributed by atoms with van der Waals surface area (Å²) in [5.41, 5.74) is 6.30. The third-order valence-electron chi connectivity index (χ3n) is 3.03. The molecular weight excluding hydrogens is 264 g/mol. The fourth-order valence-electron chi connectivity index (χ4n) is 1.75. The van der Waals surface area contributed by atoms with Gasteiger partial charge in [-0.2, -0.15) is 0 Å². The number of carbonyl (C=O) groups excluding carboxylic acids is 1. The number of halogens is 1. The van der Waals surface area contributed by atoms with Gasteiger partial charge in [-0.25, -0.2) is 0 Å². The number of para-hydroxylation sites is 1. The molecule has 1 amide bonds. The predicted molar refractivity (Wildman–Crippen MR) is 78.2 cm³/mol. The Morgan fingerprint density at radius 1 is 1.37 bits per heavy atom. The smallest absolute Gasteiger partial charge is 0.224 e. The summed E-state index contributed by atoms with van der Waals surface area (Å²) in [6.45, 7) is 4.05. The number of fused-ring (bicyclic) bond motifs is 1. The van der Waals surface area contributed by atoms with Crippen molar-refractivity contribution in [3.63, 3.8) is 0 Å². The molecule has 1 aromatic carbocycles. The minimum Gasteiger partial charge on any atom is -0.459 e. The number of carbonyl (C=O) groups is 1. The highest BCUT2D eigenvalue weighted by Crippen LogP contribution is 2.23. The van der Waals surface area contributed by atoms with E-state index in [9.17, 15) is 4.79 Å². The molecule has 0 radical (unpaired) electrons. The molecule has 1 aromatic heterocycles. The summed E-state index contributed by atoms with van der Waals surface area (Å²) in [7, 11) is 0. The highest BCUT2D eigenvalue weighted by molar-refractivity contribution is 5.85. The van der Waals surface area contributed by atoms with E-state index < -0.39 is 0 Å². The summed E-state index contributed by atoms with van der Waals surface area (Å²) < 4.78 is 5.70. The second kappa shape index (κ2) is 6.59. The number of amides is 1. The number of benzene rings is 1. The van der Waals surface area contributed by atoms with Crippen LogP contribution < -0.4 is 11.1 Å². The number of hydrogen-bond donors (Lipinski definition) is 2. The highest BCUT2D eigenvalue weighted by atomic mass is 35.5. The van der Waals surface area contributed by atoms with E-state index in [-0.39, 0.29) is 30.3 Å². The lowest BCUT2D eigenvalue weighted by molar-refractivity contribution is -0.124. The van der Waals surface area contributed by atoms with E-state index in [2.05, 4.69) is 5.32 Å². The van der Waals surface area contributed by atoms with Gasteiger partial charge in [0.25, 0.3) is 0 Å². The first-order valence-corrected chi connectivity index (χ1v) is 6.10. The average Bonchev–Trinajstić information content (AvgIpc) is 2.81. The van der Waals surface area contributed by atoms with Crippen LogP contribution in [0.15, 0.2) is 34.7 Å². The first kappa shape index (κ1) is 15.5. The zero-order valence-electron chi connectivity index (χ0n) is 11.1. The molecule has 0 aliphatic heterocycles. The molecule has 4 nitrogen and oxygen atoms in total. The lowest BCUT2D eigenvalue weighted by atomic mass is 10.1. The second-order valence-electron chi connectivity index (χ2n) is 4.55. The van der Waals surface area contributed by atoms with Crippen molar-refractivity contribution in [3.05, 3.63) is 36.1 Å². The third-order valence-corrected chi connectivity index (χ3v) is 3.03. The number of furan rings is 1. The van der Waals surface area contributed by atoms with Gasteiger partial charge in [-0.05, 0) is 19.1 Å². The molecule has 5 heteroatoms. The van der Waals surface area contributed by atoms with Crippen LogP contribution in [0.5, 0.6) is 0 Å². The Bertz CT molecular complexity index is 520. The van der Waals surface area contributed by atoms with Crippen LogP contribution in [0.1, 0.15) is 25.6 Å². The van der Waals surface area contributed by atoms with Crippen LogP contribution >= 0.6 is 12.4 Å². The van der Waals surface area contributed by atoms with Crippen molar-refractivity contribution in [1.29, 1.82) is 0 Å². The molecule has 104 valence electrons. The largest absolute Gasteiger partial charge is 0.459 e. The normalized spacial score (nSPS) is 13.6. The SMILES string of the molecule is CC(CN)C(=O)NC(C)c1cc2ccccc2o1.Cl. The summed E-state index contributed by atoms with van der Waals surface area (Å²) >= 11 is 0. The Labute approximate surface area is 118 Å². The molecule has 2 atom stereocenters. The van der Waals surface area contributed by atoms with E-state index in [1.807, 2.05) is 37.3 Å². The molecule has 0 aliphatic rings. The summed E-state index contributed by atoms with van der Waals surface area (Å²) in [6, 6.07) is 9.58. The van der Waals surface area contributed by atoms with E-state index in [0.717, 1.165) is 16.7 Å². The van der Waals surface area contributed by atoms with Crippen LogP contribution in [0.2, 0.25) is 0 Å². The fourth-order valence-corrected chi connectivity index (χ4v) is 1.75. The number of nitrogens with two attached hydrogens (primary N) is 1. The van der Waals surface area contributed by atoms with Crippen molar-refractivity contribution in [2.45, 2.75) is 19.9 Å². The van der Waals surface area contributed by atoms with Crippen LogP contribution in [-0.4, -0.2) is 12.5 Å². The first-order chi connectivity index (χ1) is 8.61. The van der Waals surface area contributed by atoms with E-state index in [1.54, 1.807) is 6.92 Å². The quantitative estimate of drug-likeness (QED) is 0.906. The van der Waals surface area contributed by atoms with Gasteiger partial charge >= 0.3 is 0 Å². The van der Waals surface area contributed by atoms with Gasteiger partial charge in [0.15, 0.2) is 0 Å². The molecule has 2 aromatic rings. The molecule has 0 aliphatic carbocycles. The fraction of sp³-hybridized carbons (Fsp3) is 0.357. The lowest BCUT2D eigenvalue weighted by Gasteiger charge is -2.14. The predicted octanol–water partition coefficient (Wildman–Crippen LogP) is 2.63. The molecule has 1 heterocycles. The minimum absolute atomic E-state index is 0. The summed E-state index contributed by atoms with van der Waals surface area (Å²) in [5.74, 6) is 0.524. The molecule has 0 fully saturated rings. The maximum Gasteiger partial charge on any atom is 0.224 e. The van der Waals surface area contributed by atoms with Crippen LogP contribution in [0.4, 0.5) is 0 Å². The van der Waals surface area contributed by atoms with Gasteiger partial charge < -0.3 is 15.5 Å². The molecule has 19 heavy (non-hydrogen) atoms. The monoisotopic (exact) mass is 282 g/mol. The van der Waals surface area contributed by atoms with Crippen molar-refractivity contribution in [3.8, 4) is 0 Å². The van der Waals surface area contributed by atoms with Gasteiger partial charge in [-0.3, -0.25) is 4.79 Å². The summed E-state index contributed by atoms with van der Waals surface area (Å²) in [5, 5.41) is 3.94. The number of hydrogen-bond acceptors (Lipinski definition) is 3. The highest BCUT2D eigenvalue weighted by Gasteiger charge is 2.17. The Balaban J connectivity index is 0.00000180. The Morgan fingerprint density at radius 3 is 2.68 bits per heavy atom. The summed E-state index contributed by atoms with van der Waals surface area (Å²) in [4.78, 5) is 11.7. The number of rotatable bonds is 4. The van der Waals surface area contributed by atoms with Crippen LogP contribution in [0.3, 0.4) is 0 Å². The lowest BCUT2D eigenvalue weighted by Crippen LogP contribution is -2.34. The molecule has 0 saturated heterocycles. The molecule has 0 spiro atoms. The van der Waals surface area contributed by atoms with Crippen LogP contribution in [0, 0.1) is 5.92 Å². The van der Waals surface area contributed by atoms with E-state index >= 15 is 0 Å². The Morgan fingerprint density at radius 2 is 2.05 bits per heavy atom. The topological polar surface area (TPSA) is 68.3 Å². The Hall–Kier alpha value is -1.52. The zero-order valence-corrected chi connectivity index (χ0v) is 11.9. The third kappa shape index (κ3) is 3.49. The standard InChI is InChI=1S/C14H18N2O2.ClH/c1-9(8-15)14(17)16-10(2)13-7-11-5-3-4-6-12(11)18-13;/h3-7,9-10H,8,15H2,1-2H3,(H,16,17);1H. The van der Waals surface area contributed by atoms with Gasteiger partial charge in [0, 0.05) is 17.8 Å². The molecule has 0 bridgehead atoms. The molecule has 3 N–H and O–H groups in total. The van der Waals surface area contributed by atoms with Crippen molar-refractivity contribution >= 4 is 29.3 Å². The van der Waals surface area contributed by atoms with Gasteiger partial charge in [0.2, 0.25) is 5.91 Å². The van der Waals surface area contributed by atoms with E-state index in [4.69, 9.17) is 10.2 Å². The number of nitrogens with one attached hydrogen (secondary N) is 1. The second-order valence-corrected chi connectivity index (χ2v) is 4.55. The average molecular weight is 283 g/mol. The van der Waals surface area contributed by atoms with Crippen molar-refractivity contribution in [1.82, 2.24) is 5.32 Å². The minimum atomic E-state index is -0.183. The molecular formula is C14H19ClN2O2. The Kier molecular flexibility index (Phi) is 5.39. The van der Waals surface area contributed by atoms with Crippen LogP contribution in [0.25, 0.3) is 11.0 Å². The molecule has 0 saturated carbocycles. The van der Waals surface area contributed by atoms with Gasteiger partial charge in [-0.15, -0.1) is 12.4 Å². The van der Waals surface area contributed by atoms with Crippen molar-refractivity contribution in [2.75, 3.05) is 6.54 Å². The van der Waals surface area contributed by atoms with Gasteiger partial charge in [0.05, 0.1) is 6.04 Å². The molecule has 2 rings (SSSR count). The van der Waals surface area contributed by atoms with Gasteiger partial charge in [-0.1, -0.05) is 25.1 Å².